The summed E-state index contributed by atoms with van der Waals surface area (Å²) in [5.41, 5.74) is 0. The molecule has 1 aliphatic heterocycles. The summed E-state index contributed by atoms with van der Waals surface area (Å²) in [5, 5.41) is 3.24. The summed E-state index contributed by atoms with van der Waals surface area (Å²) in [6.45, 7) is -1.01. The van der Waals surface area contributed by atoms with E-state index in [9.17, 15) is 31.2 Å². The number of ether oxygens (including phenoxy) is 2. The van der Waals surface area contributed by atoms with Crippen molar-refractivity contribution in [3.05, 3.63) is 0 Å². The molecule has 0 radical (unpaired) electrons. The third-order valence-electron chi connectivity index (χ3n) is 5.40. The molecule has 2 aliphatic rings. The van der Waals surface area contributed by atoms with Crippen LogP contribution < -0.4 is 10.0 Å². The fourth-order valence-electron chi connectivity index (χ4n) is 4.03. The quantitative estimate of drug-likeness (QED) is 0.484. The minimum absolute atomic E-state index is 0.193. The highest BCUT2D eigenvalue weighted by atomic mass is 32.2. The van der Waals surface area contributed by atoms with Crippen molar-refractivity contribution in [2.24, 2.45) is 0 Å². The molecular weight excluding hydrogens is 443 g/mol. The molecule has 180 valence electrons. The lowest BCUT2D eigenvalue weighted by molar-refractivity contribution is -0.149. The van der Waals surface area contributed by atoms with Gasteiger partial charge in [0.15, 0.2) is 6.29 Å². The van der Waals surface area contributed by atoms with Crippen molar-refractivity contribution in [1.82, 2.24) is 14.9 Å². The summed E-state index contributed by atoms with van der Waals surface area (Å²) in [7, 11) is -3.36. The molecule has 1 heterocycles. The van der Waals surface area contributed by atoms with Gasteiger partial charge in [-0.25, -0.2) is 17.9 Å². The molecule has 9 nitrogen and oxygen atoms in total. The summed E-state index contributed by atoms with van der Waals surface area (Å²) >= 11 is 0. The van der Waals surface area contributed by atoms with E-state index in [0.717, 1.165) is 19.2 Å². The van der Waals surface area contributed by atoms with Crippen LogP contribution >= 0.6 is 0 Å². The standard InChI is InChI=1S/C18H30F3N3O6S/c1-31(27,28)23-15-3-2-8-22-16(15)11-30-14-6-4-13(5-7-14)24(12-18(19,20)21)17(26)29-10-9-25/h9,13-16,22-23H,2-8,10-12H2,1H3/t13?,14?,15-,16-/m0/s1. The van der Waals surface area contributed by atoms with Crippen molar-refractivity contribution in [3.63, 3.8) is 0 Å². The first-order chi connectivity index (χ1) is 14.5. The summed E-state index contributed by atoms with van der Waals surface area (Å²) in [6.07, 6.45) is -1.48. The Bertz CT molecular complexity index is 698. The Morgan fingerprint density at radius 1 is 1.23 bits per heavy atom. The number of amides is 1. The Balaban J connectivity index is 1.86. The number of nitrogens with one attached hydrogen (secondary N) is 2. The maximum atomic E-state index is 12.9. The van der Waals surface area contributed by atoms with E-state index >= 15 is 0 Å². The van der Waals surface area contributed by atoms with E-state index in [1.54, 1.807) is 0 Å². The molecule has 1 amide bonds. The van der Waals surface area contributed by atoms with E-state index in [1.165, 1.54) is 0 Å². The van der Waals surface area contributed by atoms with Gasteiger partial charge in [-0.15, -0.1) is 0 Å². The lowest BCUT2D eigenvalue weighted by Crippen LogP contribution is -2.55. The highest BCUT2D eigenvalue weighted by Crippen LogP contribution is 2.29. The molecule has 31 heavy (non-hydrogen) atoms. The summed E-state index contributed by atoms with van der Waals surface area (Å²) in [5.74, 6) is 0. The van der Waals surface area contributed by atoms with Crippen LogP contribution in [0.4, 0.5) is 18.0 Å². The van der Waals surface area contributed by atoms with E-state index < -0.39 is 41.5 Å². The highest BCUT2D eigenvalue weighted by molar-refractivity contribution is 7.88. The monoisotopic (exact) mass is 473 g/mol. The third-order valence-corrected chi connectivity index (χ3v) is 6.14. The van der Waals surface area contributed by atoms with Gasteiger partial charge in [0.2, 0.25) is 10.0 Å². The van der Waals surface area contributed by atoms with Crippen LogP contribution in [0.25, 0.3) is 0 Å². The van der Waals surface area contributed by atoms with Gasteiger partial charge in [-0.3, -0.25) is 9.69 Å². The molecule has 13 heteroatoms. The number of hydrogen-bond donors (Lipinski definition) is 2. The summed E-state index contributed by atoms with van der Waals surface area (Å²) < 4.78 is 74.9. The Hall–Kier alpha value is -1.44. The Morgan fingerprint density at radius 3 is 2.48 bits per heavy atom. The smallest absolute Gasteiger partial charge is 0.410 e. The minimum atomic E-state index is -4.58. The summed E-state index contributed by atoms with van der Waals surface area (Å²) in [6, 6.07) is -1.13. The molecule has 1 aliphatic carbocycles. The zero-order valence-electron chi connectivity index (χ0n) is 17.4. The van der Waals surface area contributed by atoms with Gasteiger partial charge in [0.05, 0.1) is 19.0 Å². The van der Waals surface area contributed by atoms with Crippen LogP contribution in [0.15, 0.2) is 0 Å². The number of nitrogens with zero attached hydrogens (tertiary/aromatic N) is 1. The van der Waals surface area contributed by atoms with Crippen molar-refractivity contribution in [2.45, 2.75) is 68.9 Å². The van der Waals surface area contributed by atoms with Crippen molar-refractivity contribution >= 4 is 22.4 Å². The molecule has 0 spiro atoms. The van der Waals surface area contributed by atoms with Crippen molar-refractivity contribution < 1.29 is 40.7 Å². The molecule has 0 aromatic carbocycles. The largest absolute Gasteiger partial charge is 0.442 e. The Labute approximate surface area is 180 Å². The predicted octanol–water partition coefficient (Wildman–Crippen LogP) is 1.18. The lowest BCUT2D eigenvalue weighted by Gasteiger charge is -2.38. The van der Waals surface area contributed by atoms with Gasteiger partial charge in [-0.1, -0.05) is 0 Å². The first-order valence-corrected chi connectivity index (χ1v) is 12.1. The van der Waals surface area contributed by atoms with Gasteiger partial charge in [0, 0.05) is 18.1 Å². The van der Waals surface area contributed by atoms with Gasteiger partial charge in [-0.2, -0.15) is 13.2 Å². The van der Waals surface area contributed by atoms with Crippen LogP contribution in [0.2, 0.25) is 0 Å². The van der Waals surface area contributed by atoms with Crippen LogP contribution in [-0.4, -0.2) is 88.7 Å². The Kier molecular flexibility index (Phi) is 9.52. The Morgan fingerprint density at radius 2 is 1.90 bits per heavy atom. The normalized spacial score (nSPS) is 27.5. The van der Waals surface area contributed by atoms with Crippen LogP contribution in [0.3, 0.4) is 0 Å². The topological polar surface area (TPSA) is 114 Å². The van der Waals surface area contributed by atoms with Gasteiger partial charge >= 0.3 is 12.3 Å². The number of piperidine rings is 1. The zero-order chi connectivity index (χ0) is 23.1. The fourth-order valence-corrected chi connectivity index (χ4v) is 4.86. The molecule has 2 rings (SSSR count). The number of sulfonamides is 1. The molecule has 0 unspecified atom stereocenters. The van der Waals surface area contributed by atoms with E-state index in [1.807, 2.05) is 0 Å². The highest BCUT2D eigenvalue weighted by Gasteiger charge is 2.39. The maximum Gasteiger partial charge on any atom is 0.410 e. The average molecular weight is 474 g/mol. The van der Waals surface area contributed by atoms with Gasteiger partial charge in [0.1, 0.15) is 13.2 Å². The van der Waals surface area contributed by atoms with Crippen molar-refractivity contribution in [3.8, 4) is 0 Å². The first kappa shape index (κ1) is 25.8. The van der Waals surface area contributed by atoms with Crippen LogP contribution in [-0.2, 0) is 24.3 Å². The van der Waals surface area contributed by atoms with E-state index in [2.05, 4.69) is 14.8 Å². The molecule has 1 saturated carbocycles. The van der Waals surface area contributed by atoms with Crippen LogP contribution in [0, 0.1) is 0 Å². The number of alkyl halides is 3. The number of aldehydes is 1. The van der Waals surface area contributed by atoms with Crippen molar-refractivity contribution in [1.29, 1.82) is 0 Å². The summed E-state index contributed by atoms with van der Waals surface area (Å²) in [4.78, 5) is 23.0. The molecule has 0 bridgehead atoms. The SMILES string of the molecule is CS(=O)(=O)N[C@H]1CCCN[C@H]1COC1CCC(N(CC(F)(F)F)C(=O)OCC=O)CC1. The number of halogens is 3. The van der Waals surface area contributed by atoms with E-state index in [-0.39, 0.29) is 24.8 Å². The average Bonchev–Trinajstić information content (AvgIpc) is 2.68. The number of rotatable bonds is 9. The number of carbonyl (C=O) groups is 2. The van der Waals surface area contributed by atoms with Crippen LogP contribution in [0.5, 0.6) is 0 Å². The number of hydrogen-bond acceptors (Lipinski definition) is 7. The first-order valence-electron chi connectivity index (χ1n) is 10.2. The molecular formula is C18H30F3N3O6S. The van der Waals surface area contributed by atoms with Gasteiger partial charge in [0.25, 0.3) is 0 Å². The third kappa shape index (κ3) is 9.29. The molecule has 2 atom stereocenters. The second-order valence-corrected chi connectivity index (χ2v) is 9.73. The molecule has 2 fully saturated rings. The molecule has 1 saturated heterocycles. The van der Waals surface area contributed by atoms with Crippen molar-refractivity contribution in [2.75, 3.05) is 32.6 Å². The van der Waals surface area contributed by atoms with E-state index in [4.69, 9.17) is 4.74 Å². The number of carbonyl (C=O) groups excluding carboxylic acids is 2. The second kappa shape index (κ2) is 11.4. The predicted molar refractivity (Wildman–Crippen MR) is 105 cm³/mol. The fraction of sp³-hybridized carbons (Fsp3) is 0.889. The molecule has 2 N–H and O–H groups in total. The minimum Gasteiger partial charge on any atom is -0.442 e. The van der Waals surface area contributed by atoms with Gasteiger partial charge < -0.3 is 14.8 Å². The molecule has 0 aromatic rings. The van der Waals surface area contributed by atoms with Crippen LogP contribution in [0.1, 0.15) is 38.5 Å². The lowest BCUT2D eigenvalue weighted by atomic mass is 9.91. The second-order valence-electron chi connectivity index (χ2n) is 7.95. The zero-order valence-corrected chi connectivity index (χ0v) is 18.2. The van der Waals surface area contributed by atoms with Gasteiger partial charge in [-0.05, 0) is 45.1 Å². The van der Waals surface area contributed by atoms with E-state index in [0.29, 0.717) is 43.3 Å². The maximum absolute atomic E-state index is 12.9. The molecule has 0 aromatic heterocycles.